The Balaban J connectivity index is 2.12. The van der Waals surface area contributed by atoms with Crippen molar-refractivity contribution in [1.29, 1.82) is 0 Å². The number of primary amides is 1. The second kappa shape index (κ2) is 5.30. The standard InChI is InChI=1S/C12H19N5O/c1-17(10-5-3-2-4-8(10)13)11-7-6-9(12(14)18)15-16-11/h6-8,10H,2-5,13H2,1H3,(H2,14,18). The Morgan fingerprint density at radius 3 is 2.61 bits per heavy atom. The molecule has 0 bridgehead atoms. The summed E-state index contributed by atoms with van der Waals surface area (Å²) in [4.78, 5) is 13.0. The lowest BCUT2D eigenvalue weighted by atomic mass is 9.90. The normalized spacial score (nSPS) is 23.7. The number of anilines is 1. The lowest BCUT2D eigenvalue weighted by molar-refractivity contribution is 0.0994. The van der Waals surface area contributed by atoms with Crippen molar-refractivity contribution in [1.82, 2.24) is 10.2 Å². The number of rotatable bonds is 3. The quantitative estimate of drug-likeness (QED) is 0.801. The van der Waals surface area contributed by atoms with E-state index in [2.05, 4.69) is 10.2 Å². The molecule has 1 aliphatic carbocycles. The van der Waals surface area contributed by atoms with E-state index in [1.807, 2.05) is 11.9 Å². The van der Waals surface area contributed by atoms with E-state index in [-0.39, 0.29) is 17.8 Å². The molecule has 0 aliphatic heterocycles. The fourth-order valence-electron chi connectivity index (χ4n) is 2.44. The molecule has 1 heterocycles. The summed E-state index contributed by atoms with van der Waals surface area (Å²) in [5, 5.41) is 7.84. The molecule has 18 heavy (non-hydrogen) atoms. The zero-order valence-electron chi connectivity index (χ0n) is 10.5. The minimum absolute atomic E-state index is 0.168. The highest BCUT2D eigenvalue weighted by atomic mass is 16.1. The summed E-state index contributed by atoms with van der Waals surface area (Å²) in [6.07, 6.45) is 4.49. The van der Waals surface area contributed by atoms with Gasteiger partial charge in [0.2, 0.25) is 0 Å². The topological polar surface area (TPSA) is 98.1 Å². The zero-order chi connectivity index (χ0) is 13.1. The van der Waals surface area contributed by atoms with Gasteiger partial charge >= 0.3 is 0 Å². The van der Waals surface area contributed by atoms with Gasteiger partial charge in [-0.2, -0.15) is 0 Å². The maximum atomic E-state index is 10.9. The van der Waals surface area contributed by atoms with Crippen molar-refractivity contribution < 1.29 is 4.79 Å². The van der Waals surface area contributed by atoms with Crippen LogP contribution in [-0.2, 0) is 0 Å². The Bertz CT molecular complexity index is 419. The monoisotopic (exact) mass is 249 g/mol. The van der Waals surface area contributed by atoms with Gasteiger partial charge in [-0.05, 0) is 25.0 Å². The van der Waals surface area contributed by atoms with E-state index in [0.29, 0.717) is 0 Å². The number of likely N-dealkylation sites (N-methyl/N-ethyl adjacent to an activating group) is 1. The summed E-state index contributed by atoms with van der Waals surface area (Å²) in [6.45, 7) is 0. The Morgan fingerprint density at radius 1 is 1.33 bits per heavy atom. The number of nitrogens with two attached hydrogens (primary N) is 2. The number of amides is 1. The smallest absolute Gasteiger partial charge is 0.269 e. The first-order chi connectivity index (χ1) is 8.59. The molecule has 2 rings (SSSR count). The molecule has 1 aliphatic rings. The van der Waals surface area contributed by atoms with Gasteiger partial charge in [-0.15, -0.1) is 10.2 Å². The van der Waals surface area contributed by atoms with Crippen LogP contribution in [0.1, 0.15) is 36.2 Å². The van der Waals surface area contributed by atoms with Gasteiger partial charge in [0.25, 0.3) is 5.91 Å². The predicted molar refractivity (Wildman–Crippen MR) is 69.2 cm³/mol. The van der Waals surface area contributed by atoms with Crippen LogP contribution in [0, 0.1) is 0 Å². The number of nitrogens with zero attached hydrogens (tertiary/aromatic N) is 3. The molecule has 98 valence electrons. The van der Waals surface area contributed by atoms with Crippen molar-refractivity contribution in [2.24, 2.45) is 11.5 Å². The van der Waals surface area contributed by atoms with Gasteiger partial charge in [0.1, 0.15) is 0 Å². The fraction of sp³-hybridized carbons (Fsp3) is 0.583. The molecule has 6 nitrogen and oxygen atoms in total. The first-order valence-electron chi connectivity index (χ1n) is 6.21. The van der Waals surface area contributed by atoms with Crippen LogP contribution in [0.15, 0.2) is 12.1 Å². The Labute approximate surface area is 106 Å². The first kappa shape index (κ1) is 12.8. The average molecular weight is 249 g/mol. The van der Waals surface area contributed by atoms with E-state index in [9.17, 15) is 4.79 Å². The molecule has 1 aromatic rings. The van der Waals surface area contributed by atoms with Crippen molar-refractivity contribution in [2.75, 3.05) is 11.9 Å². The highest BCUT2D eigenvalue weighted by Gasteiger charge is 2.26. The third-order valence-electron chi connectivity index (χ3n) is 3.54. The lowest BCUT2D eigenvalue weighted by Gasteiger charge is -2.36. The van der Waals surface area contributed by atoms with E-state index >= 15 is 0 Å². The summed E-state index contributed by atoms with van der Waals surface area (Å²) in [5.74, 6) is 0.161. The number of hydrogen-bond acceptors (Lipinski definition) is 5. The van der Waals surface area contributed by atoms with Crippen LogP contribution < -0.4 is 16.4 Å². The van der Waals surface area contributed by atoms with Crippen molar-refractivity contribution in [2.45, 2.75) is 37.8 Å². The Morgan fingerprint density at radius 2 is 2.06 bits per heavy atom. The summed E-state index contributed by atoms with van der Waals surface area (Å²) in [7, 11) is 1.96. The molecule has 1 aromatic heterocycles. The fourth-order valence-corrected chi connectivity index (χ4v) is 2.44. The van der Waals surface area contributed by atoms with Gasteiger partial charge in [-0.3, -0.25) is 4.79 Å². The first-order valence-corrected chi connectivity index (χ1v) is 6.21. The number of aromatic nitrogens is 2. The second-order valence-corrected chi connectivity index (χ2v) is 4.77. The number of carbonyl (C=O) groups excluding carboxylic acids is 1. The van der Waals surface area contributed by atoms with Crippen LogP contribution in [0.3, 0.4) is 0 Å². The minimum atomic E-state index is -0.564. The van der Waals surface area contributed by atoms with Crippen LogP contribution in [-0.4, -0.2) is 35.2 Å². The average Bonchev–Trinajstić information content (AvgIpc) is 2.38. The lowest BCUT2D eigenvalue weighted by Crippen LogP contribution is -2.48. The van der Waals surface area contributed by atoms with E-state index in [0.717, 1.165) is 18.7 Å². The Hall–Kier alpha value is -1.69. The van der Waals surface area contributed by atoms with Crippen LogP contribution in [0.25, 0.3) is 0 Å². The summed E-state index contributed by atoms with van der Waals surface area (Å²) in [6, 6.07) is 3.80. The molecular weight excluding hydrogens is 230 g/mol. The van der Waals surface area contributed by atoms with E-state index < -0.39 is 5.91 Å². The van der Waals surface area contributed by atoms with Gasteiger partial charge < -0.3 is 16.4 Å². The Kier molecular flexibility index (Phi) is 3.76. The van der Waals surface area contributed by atoms with Gasteiger partial charge in [0.15, 0.2) is 11.5 Å². The molecule has 0 spiro atoms. The van der Waals surface area contributed by atoms with E-state index in [1.165, 1.54) is 12.8 Å². The molecule has 2 atom stereocenters. The van der Waals surface area contributed by atoms with E-state index in [4.69, 9.17) is 11.5 Å². The van der Waals surface area contributed by atoms with Crippen molar-refractivity contribution >= 4 is 11.7 Å². The van der Waals surface area contributed by atoms with Crippen molar-refractivity contribution in [3.05, 3.63) is 17.8 Å². The van der Waals surface area contributed by atoms with Gasteiger partial charge in [-0.25, -0.2) is 0 Å². The van der Waals surface area contributed by atoms with Crippen LogP contribution in [0.2, 0.25) is 0 Å². The van der Waals surface area contributed by atoms with Gasteiger partial charge in [-0.1, -0.05) is 12.8 Å². The highest BCUT2D eigenvalue weighted by molar-refractivity contribution is 5.90. The summed E-state index contributed by atoms with van der Waals surface area (Å²) in [5.41, 5.74) is 11.4. The van der Waals surface area contributed by atoms with Crippen LogP contribution in [0.4, 0.5) is 5.82 Å². The second-order valence-electron chi connectivity index (χ2n) is 4.77. The molecule has 1 amide bonds. The molecule has 1 saturated carbocycles. The van der Waals surface area contributed by atoms with Crippen LogP contribution >= 0.6 is 0 Å². The third-order valence-corrected chi connectivity index (χ3v) is 3.54. The summed E-state index contributed by atoms with van der Waals surface area (Å²) >= 11 is 0. The summed E-state index contributed by atoms with van der Waals surface area (Å²) < 4.78 is 0. The molecule has 6 heteroatoms. The van der Waals surface area contributed by atoms with Gasteiger partial charge in [0, 0.05) is 19.1 Å². The third kappa shape index (κ3) is 2.59. The zero-order valence-corrected chi connectivity index (χ0v) is 10.5. The van der Waals surface area contributed by atoms with E-state index in [1.54, 1.807) is 12.1 Å². The maximum Gasteiger partial charge on any atom is 0.269 e. The molecular formula is C12H19N5O. The molecule has 4 N–H and O–H groups in total. The van der Waals surface area contributed by atoms with Crippen LogP contribution in [0.5, 0.6) is 0 Å². The highest BCUT2D eigenvalue weighted by Crippen LogP contribution is 2.24. The molecule has 0 radical (unpaired) electrons. The largest absolute Gasteiger partial charge is 0.364 e. The number of hydrogen-bond donors (Lipinski definition) is 2. The maximum absolute atomic E-state index is 10.9. The number of carbonyl (C=O) groups is 1. The predicted octanol–water partition coefficient (Wildman–Crippen LogP) is 0.282. The molecule has 1 fully saturated rings. The van der Waals surface area contributed by atoms with Crippen molar-refractivity contribution in [3.63, 3.8) is 0 Å². The molecule has 0 aromatic carbocycles. The minimum Gasteiger partial charge on any atom is -0.364 e. The van der Waals surface area contributed by atoms with Crippen molar-refractivity contribution in [3.8, 4) is 0 Å². The van der Waals surface area contributed by atoms with Gasteiger partial charge in [0.05, 0.1) is 0 Å². The molecule has 0 saturated heterocycles. The SMILES string of the molecule is CN(c1ccc(C(N)=O)nn1)C1CCCCC1N. The molecule has 2 unspecified atom stereocenters.